The van der Waals surface area contributed by atoms with Crippen LogP contribution in [0.3, 0.4) is 0 Å². The van der Waals surface area contributed by atoms with Crippen molar-refractivity contribution in [3.05, 3.63) is 11.1 Å². The maximum atomic E-state index is 13.2. The predicted molar refractivity (Wildman–Crippen MR) is 184 cm³/mol. The van der Waals surface area contributed by atoms with Crippen molar-refractivity contribution in [2.75, 3.05) is 13.2 Å². The first-order valence-electron chi connectivity index (χ1n) is 18.4. The number of aliphatic hydroxyl groups excluding tert-OH is 4. The van der Waals surface area contributed by atoms with Crippen molar-refractivity contribution in [1.29, 1.82) is 0 Å². The fourth-order valence-corrected chi connectivity index (χ4v) is 11.0. The van der Waals surface area contributed by atoms with Crippen LogP contribution >= 0.6 is 0 Å². The van der Waals surface area contributed by atoms with E-state index in [0.29, 0.717) is 25.7 Å². The summed E-state index contributed by atoms with van der Waals surface area (Å²) in [6, 6.07) is 0. The van der Waals surface area contributed by atoms with E-state index >= 15 is 0 Å². The summed E-state index contributed by atoms with van der Waals surface area (Å²) in [5, 5.41) is 77.1. The highest BCUT2D eigenvalue weighted by molar-refractivity contribution is 5.82. The van der Waals surface area contributed by atoms with Crippen molar-refractivity contribution in [2.45, 2.75) is 155 Å². The molecule has 0 spiro atoms. The number of rotatable bonds is 13. The van der Waals surface area contributed by atoms with Gasteiger partial charge in [0.1, 0.15) is 12.6 Å². The van der Waals surface area contributed by atoms with Crippen molar-refractivity contribution in [1.82, 2.24) is 5.32 Å². The molecule has 12 heteroatoms. The smallest absolute Gasteiger partial charge is 0.322 e. The van der Waals surface area contributed by atoms with E-state index in [1.165, 1.54) is 12.5 Å². The molecule has 0 heterocycles. The molecular weight excluding hydrogens is 646 g/mol. The lowest BCUT2D eigenvalue weighted by Gasteiger charge is -2.64. The second-order valence-electron chi connectivity index (χ2n) is 18.2. The van der Waals surface area contributed by atoms with Crippen LogP contribution < -0.4 is 5.32 Å². The number of hydrogen-bond donors (Lipinski definition) is 8. The molecule has 0 saturated heterocycles. The number of carboxylic acid groups (broad SMARTS) is 1. The first-order valence-corrected chi connectivity index (χ1v) is 18.4. The summed E-state index contributed by atoms with van der Waals surface area (Å²) < 4.78 is 5.91. The summed E-state index contributed by atoms with van der Waals surface area (Å²) >= 11 is 0. The standard InChI is InChI=1S/C38H63NO11/c1-33(2)26-11-10-23-24(15-28(42)38(8)22(13-14-37(23,38)7)21(20-40)9-12-27(41)34(3,4)48)36(26,6)16-25(32(33)47)50-31(46)18-35(5,49)17-29(43)39-19-30(44)45/h21-22,25-28,32,40-42,47-49H,9-20H2,1-8H3,(H,39,43)(H,44,45). The van der Waals surface area contributed by atoms with Gasteiger partial charge in [0.15, 0.2) is 0 Å². The van der Waals surface area contributed by atoms with Gasteiger partial charge < -0.3 is 45.8 Å². The predicted octanol–water partition coefficient (Wildman–Crippen LogP) is 2.84. The molecule has 2 saturated carbocycles. The van der Waals surface area contributed by atoms with E-state index in [-0.39, 0.29) is 29.8 Å². The van der Waals surface area contributed by atoms with Crippen LogP contribution in [0.5, 0.6) is 0 Å². The third kappa shape index (κ3) is 7.26. The summed E-state index contributed by atoms with van der Waals surface area (Å²) in [6.45, 7) is 14.3. The fourth-order valence-electron chi connectivity index (χ4n) is 11.0. The highest BCUT2D eigenvalue weighted by Gasteiger charge is 2.67. The normalized spacial score (nSPS) is 37.4. The Balaban J connectivity index is 1.59. The lowest BCUT2D eigenvalue weighted by atomic mass is 9.42. The molecule has 4 aliphatic rings. The molecule has 8 N–H and O–H groups in total. The monoisotopic (exact) mass is 709 g/mol. The molecule has 4 rings (SSSR count). The zero-order valence-electron chi connectivity index (χ0n) is 31.3. The largest absolute Gasteiger partial charge is 0.480 e. The number of aliphatic carboxylic acids is 1. The molecule has 286 valence electrons. The average molecular weight is 710 g/mol. The second kappa shape index (κ2) is 14.0. The maximum Gasteiger partial charge on any atom is 0.322 e. The molecule has 12 nitrogen and oxygen atoms in total. The van der Waals surface area contributed by atoms with Gasteiger partial charge in [-0.15, -0.1) is 0 Å². The van der Waals surface area contributed by atoms with Crippen LogP contribution in [0, 0.1) is 39.4 Å². The van der Waals surface area contributed by atoms with Gasteiger partial charge in [0.05, 0.1) is 42.4 Å². The number of amides is 1. The summed E-state index contributed by atoms with van der Waals surface area (Å²) in [5.41, 5.74) is -2.67. The summed E-state index contributed by atoms with van der Waals surface area (Å²) in [5.74, 6) is -2.85. The van der Waals surface area contributed by atoms with Crippen molar-refractivity contribution >= 4 is 17.8 Å². The van der Waals surface area contributed by atoms with Gasteiger partial charge in [0.2, 0.25) is 5.91 Å². The van der Waals surface area contributed by atoms with Gasteiger partial charge in [-0.1, -0.05) is 45.8 Å². The number of allylic oxidation sites excluding steroid dienone is 1. The first kappa shape index (κ1) is 40.7. The first-order chi connectivity index (χ1) is 22.8. The number of fused-ring (bicyclic) bond motifs is 4. The van der Waals surface area contributed by atoms with E-state index in [4.69, 9.17) is 9.84 Å². The molecule has 4 aliphatic carbocycles. The van der Waals surface area contributed by atoms with Crippen LogP contribution in [-0.4, -0.2) is 102 Å². The number of nitrogens with one attached hydrogen (secondary N) is 1. The van der Waals surface area contributed by atoms with E-state index in [0.717, 1.165) is 31.3 Å². The van der Waals surface area contributed by atoms with Gasteiger partial charge in [0, 0.05) is 12.0 Å². The van der Waals surface area contributed by atoms with Gasteiger partial charge in [-0.05, 0) is 106 Å². The van der Waals surface area contributed by atoms with Crippen molar-refractivity contribution in [3.8, 4) is 0 Å². The second-order valence-corrected chi connectivity index (χ2v) is 18.2. The Morgan fingerprint density at radius 1 is 0.980 bits per heavy atom. The lowest BCUT2D eigenvalue weighted by molar-refractivity contribution is -0.193. The van der Waals surface area contributed by atoms with Crippen LogP contribution in [0.4, 0.5) is 0 Å². The Labute approximate surface area is 296 Å². The van der Waals surface area contributed by atoms with Gasteiger partial charge in [-0.3, -0.25) is 14.4 Å². The average Bonchev–Trinajstić information content (AvgIpc) is 3.27. The van der Waals surface area contributed by atoms with E-state index in [2.05, 4.69) is 26.1 Å². The molecule has 0 aromatic rings. The SMILES string of the molecule is CC(O)(CC(=O)NCC(=O)O)CC(=O)OC1CC2(C)C3=C(CCC2C(C)(C)C1O)C1(C)CCC(C(CO)CCC(O)C(C)(C)O)C1(C)C(O)C3. The maximum absolute atomic E-state index is 13.2. The molecule has 2 fully saturated rings. The van der Waals surface area contributed by atoms with Gasteiger partial charge >= 0.3 is 11.9 Å². The third-order valence-electron chi connectivity index (χ3n) is 14.0. The number of carbonyl (C=O) groups excluding carboxylic acids is 2. The molecular formula is C38H63NO11. The molecule has 11 atom stereocenters. The number of ether oxygens (including phenoxy) is 1. The van der Waals surface area contributed by atoms with Crippen LogP contribution in [0.25, 0.3) is 0 Å². The van der Waals surface area contributed by atoms with Crippen molar-refractivity contribution < 1.29 is 54.9 Å². The number of carboxylic acids is 1. The summed E-state index contributed by atoms with van der Waals surface area (Å²) in [4.78, 5) is 36.2. The minimum absolute atomic E-state index is 0.00147. The number of aliphatic hydroxyl groups is 6. The summed E-state index contributed by atoms with van der Waals surface area (Å²) in [7, 11) is 0. The molecule has 50 heavy (non-hydrogen) atoms. The molecule has 11 unspecified atom stereocenters. The topological polar surface area (TPSA) is 214 Å². The molecule has 0 aromatic heterocycles. The minimum Gasteiger partial charge on any atom is -0.480 e. The zero-order chi connectivity index (χ0) is 37.8. The van der Waals surface area contributed by atoms with Gasteiger partial charge in [-0.25, -0.2) is 0 Å². The molecule has 0 radical (unpaired) electrons. The van der Waals surface area contributed by atoms with E-state index in [9.17, 15) is 45.0 Å². The van der Waals surface area contributed by atoms with E-state index < -0.39 is 89.1 Å². The molecule has 0 bridgehead atoms. The van der Waals surface area contributed by atoms with Crippen LogP contribution in [0.15, 0.2) is 11.1 Å². The van der Waals surface area contributed by atoms with E-state index in [1.54, 1.807) is 13.8 Å². The number of carbonyl (C=O) groups is 3. The fraction of sp³-hybridized carbons (Fsp3) is 0.868. The van der Waals surface area contributed by atoms with Crippen LogP contribution in [0.2, 0.25) is 0 Å². The van der Waals surface area contributed by atoms with Gasteiger partial charge in [0.25, 0.3) is 0 Å². The van der Waals surface area contributed by atoms with Crippen LogP contribution in [0.1, 0.15) is 120 Å². The van der Waals surface area contributed by atoms with Crippen LogP contribution in [-0.2, 0) is 19.1 Å². The zero-order valence-corrected chi connectivity index (χ0v) is 31.3. The highest BCUT2D eigenvalue weighted by Crippen LogP contribution is 2.72. The number of hydrogen-bond acceptors (Lipinski definition) is 10. The Kier molecular flexibility index (Phi) is 11.4. The Hall–Kier alpha value is -2.09. The highest BCUT2D eigenvalue weighted by atomic mass is 16.6. The Bertz CT molecular complexity index is 1340. The van der Waals surface area contributed by atoms with Crippen molar-refractivity contribution in [2.24, 2.45) is 39.4 Å². The quantitative estimate of drug-likeness (QED) is 0.103. The summed E-state index contributed by atoms with van der Waals surface area (Å²) in [6.07, 6.45) is 0.291. The molecule has 1 amide bonds. The van der Waals surface area contributed by atoms with E-state index in [1.807, 2.05) is 13.8 Å². The number of esters is 1. The third-order valence-corrected chi connectivity index (χ3v) is 14.0. The molecule has 0 aromatic carbocycles. The minimum atomic E-state index is -1.80. The van der Waals surface area contributed by atoms with Crippen molar-refractivity contribution in [3.63, 3.8) is 0 Å². The lowest BCUT2D eigenvalue weighted by Crippen LogP contribution is -2.62. The molecule has 0 aliphatic heterocycles. The Morgan fingerprint density at radius 3 is 2.20 bits per heavy atom. The Morgan fingerprint density at radius 2 is 1.62 bits per heavy atom. The van der Waals surface area contributed by atoms with Gasteiger partial charge in [-0.2, -0.15) is 0 Å².